The number of methoxy groups -OCH3 is 1. The molecule has 0 saturated heterocycles. The zero-order valence-corrected chi connectivity index (χ0v) is 15.3. The Bertz CT molecular complexity index is 709. The van der Waals surface area contributed by atoms with E-state index in [-0.39, 0.29) is 11.9 Å². The Morgan fingerprint density at radius 2 is 2.38 bits per heavy atom. The minimum Gasteiger partial charge on any atom is -0.383 e. The second kappa shape index (κ2) is 6.82. The van der Waals surface area contributed by atoms with Gasteiger partial charge in [0.2, 0.25) is 5.91 Å². The fourth-order valence-corrected chi connectivity index (χ4v) is 4.93. The predicted octanol–water partition coefficient (Wildman–Crippen LogP) is 2.78. The van der Waals surface area contributed by atoms with Gasteiger partial charge >= 0.3 is 0 Å². The molecule has 0 spiro atoms. The first-order valence-electron chi connectivity index (χ1n) is 8.32. The molecule has 1 atom stereocenters. The zero-order valence-electron chi connectivity index (χ0n) is 13.7. The van der Waals surface area contributed by atoms with Crippen molar-refractivity contribution in [2.75, 3.05) is 31.7 Å². The minimum atomic E-state index is -0.118. The average molecular weight is 364 g/mol. The fraction of sp³-hybridized carbons (Fsp3) is 0.529. The van der Waals surface area contributed by atoms with E-state index in [0.717, 1.165) is 23.2 Å². The minimum absolute atomic E-state index is 0.0926. The van der Waals surface area contributed by atoms with E-state index in [0.29, 0.717) is 19.6 Å². The highest BCUT2D eigenvalue weighted by Crippen LogP contribution is 2.43. The Morgan fingerprint density at radius 3 is 3.08 bits per heavy atom. The molecule has 2 aliphatic rings. The van der Waals surface area contributed by atoms with Gasteiger partial charge in [0.05, 0.1) is 12.3 Å². The molecule has 1 aliphatic carbocycles. The summed E-state index contributed by atoms with van der Waals surface area (Å²) in [5, 5.41) is 9.46. The van der Waals surface area contributed by atoms with Crippen molar-refractivity contribution in [2.45, 2.75) is 25.3 Å². The van der Waals surface area contributed by atoms with Crippen LogP contribution in [0.15, 0.2) is 16.8 Å². The third kappa shape index (κ3) is 3.20. The van der Waals surface area contributed by atoms with Crippen LogP contribution in [0.5, 0.6) is 0 Å². The van der Waals surface area contributed by atoms with Gasteiger partial charge in [-0.05, 0) is 30.2 Å². The van der Waals surface area contributed by atoms with Crippen LogP contribution >= 0.6 is 22.7 Å². The molecule has 2 aromatic heterocycles. The maximum absolute atomic E-state index is 12.6. The zero-order chi connectivity index (χ0) is 16.5. The lowest BCUT2D eigenvalue weighted by atomic mass is 10.2. The molecule has 24 heavy (non-hydrogen) atoms. The van der Waals surface area contributed by atoms with Crippen molar-refractivity contribution in [3.8, 4) is 10.6 Å². The largest absolute Gasteiger partial charge is 0.383 e. The van der Waals surface area contributed by atoms with Crippen LogP contribution < -0.4 is 10.2 Å². The summed E-state index contributed by atoms with van der Waals surface area (Å²) in [5.41, 5.74) is 2.26. The molecule has 2 aromatic rings. The predicted molar refractivity (Wildman–Crippen MR) is 97.9 cm³/mol. The number of carbonyl (C=O) groups is 1. The monoisotopic (exact) mass is 363 g/mol. The molecule has 3 heterocycles. The van der Waals surface area contributed by atoms with Crippen LogP contribution in [0, 0.1) is 5.92 Å². The van der Waals surface area contributed by atoms with E-state index in [1.165, 1.54) is 23.4 Å². The van der Waals surface area contributed by atoms with Crippen molar-refractivity contribution >= 4 is 33.6 Å². The van der Waals surface area contributed by atoms with E-state index in [2.05, 4.69) is 27.0 Å². The van der Waals surface area contributed by atoms with E-state index < -0.39 is 0 Å². The van der Waals surface area contributed by atoms with Gasteiger partial charge in [-0.15, -0.1) is 0 Å². The molecule has 0 bridgehead atoms. The molecule has 1 saturated carbocycles. The molecule has 4 rings (SSSR count). The SMILES string of the molecule is COCCNC(=O)[C@@H]1Cc2nc(-c3ccsc3)sc2N1CC1CC1. The molecular formula is C17H21N3O2S2. The van der Waals surface area contributed by atoms with Crippen LogP contribution in [0.3, 0.4) is 0 Å². The third-order valence-electron chi connectivity index (χ3n) is 4.53. The van der Waals surface area contributed by atoms with Gasteiger partial charge in [0.1, 0.15) is 16.1 Å². The van der Waals surface area contributed by atoms with Crippen molar-refractivity contribution < 1.29 is 9.53 Å². The summed E-state index contributed by atoms with van der Waals surface area (Å²) in [6.45, 7) is 2.08. The van der Waals surface area contributed by atoms with Gasteiger partial charge in [-0.3, -0.25) is 4.79 Å². The Morgan fingerprint density at radius 1 is 1.50 bits per heavy atom. The van der Waals surface area contributed by atoms with Crippen molar-refractivity contribution in [1.29, 1.82) is 0 Å². The molecule has 0 unspecified atom stereocenters. The summed E-state index contributed by atoms with van der Waals surface area (Å²) >= 11 is 3.41. The van der Waals surface area contributed by atoms with Gasteiger partial charge in [0, 0.05) is 37.6 Å². The number of fused-ring (bicyclic) bond motifs is 1. The van der Waals surface area contributed by atoms with E-state index >= 15 is 0 Å². The van der Waals surface area contributed by atoms with Crippen LogP contribution in [0.2, 0.25) is 0 Å². The van der Waals surface area contributed by atoms with Crippen LogP contribution in [0.1, 0.15) is 18.5 Å². The number of carbonyl (C=O) groups excluding carboxylic acids is 1. The Balaban J connectivity index is 1.53. The Kier molecular flexibility index (Phi) is 4.56. The van der Waals surface area contributed by atoms with E-state index in [4.69, 9.17) is 9.72 Å². The van der Waals surface area contributed by atoms with Crippen LogP contribution in [0.25, 0.3) is 10.6 Å². The van der Waals surface area contributed by atoms with Gasteiger partial charge in [0.25, 0.3) is 0 Å². The standard InChI is InChI=1S/C17H21N3O2S2/c1-22-6-5-18-15(21)14-8-13-17(20(14)9-11-2-3-11)24-16(19-13)12-4-7-23-10-12/h4,7,10-11,14H,2-3,5-6,8-9H2,1H3,(H,18,21)/t14-/m0/s1. The number of hydrogen-bond donors (Lipinski definition) is 1. The highest BCUT2D eigenvalue weighted by molar-refractivity contribution is 7.19. The number of amides is 1. The summed E-state index contributed by atoms with van der Waals surface area (Å²) in [6.07, 6.45) is 3.27. The lowest BCUT2D eigenvalue weighted by molar-refractivity contribution is -0.122. The molecule has 1 fully saturated rings. The molecular weight excluding hydrogens is 342 g/mol. The number of nitrogens with one attached hydrogen (secondary N) is 1. The summed E-state index contributed by atoms with van der Waals surface area (Å²) < 4.78 is 5.02. The summed E-state index contributed by atoms with van der Waals surface area (Å²) in [6, 6.07) is 1.99. The maximum Gasteiger partial charge on any atom is 0.243 e. The second-order valence-electron chi connectivity index (χ2n) is 6.38. The van der Waals surface area contributed by atoms with Crippen molar-refractivity contribution in [3.05, 3.63) is 22.5 Å². The van der Waals surface area contributed by atoms with Crippen molar-refractivity contribution in [2.24, 2.45) is 5.92 Å². The molecule has 1 aliphatic heterocycles. The van der Waals surface area contributed by atoms with Gasteiger partial charge in [-0.1, -0.05) is 11.3 Å². The van der Waals surface area contributed by atoms with Gasteiger partial charge in [-0.25, -0.2) is 4.98 Å². The van der Waals surface area contributed by atoms with E-state index in [1.807, 2.05) is 0 Å². The number of ether oxygens (including phenoxy) is 1. The maximum atomic E-state index is 12.6. The first kappa shape index (κ1) is 16.1. The lowest BCUT2D eigenvalue weighted by Crippen LogP contribution is -2.46. The molecule has 1 amide bonds. The molecule has 0 radical (unpaired) electrons. The number of thiazole rings is 1. The first-order chi connectivity index (χ1) is 11.8. The quantitative estimate of drug-likeness (QED) is 0.769. The van der Waals surface area contributed by atoms with Crippen LogP contribution in [0.4, 0.5) is 5.00 Å². The average Bonchev–Trinajstić information content (AvgIpc) is 2.99. The molecule has 7 heteroatoms. The lowest BCUT2D eigenvalue weighted by Gasteiger charge is -2.25. The number of aromatic nitrogens is 1. The van der Waals surface area contributed by atoms with Crippen LogP contribution in [-0.2, 0) is 16.0 Å². The molecule has 5 nitrogen and oxygen atoms in total. The van der Waals surface area contributed by atoms with Gasteiger partial charge in [-0.2, -0.15) is 11.3 Å². The molecule has 0 aromatic carbocycles. The highest BCUT2D eigenvalue weighted by atomic mass is 32.1. The molecule has 128 valence electrons. The summed E-state index contributed by atoms with van der Waals surface area (Å²) in [4.78, 5) is 19.7. The number of rotatable bonds is 7. The summed E-state index contributed by atoms with van der Waals surface area (Å²) in [7, 11) is 1.65. The number of thiophene rings is 1. The first-order valence-corrected chi connectivity index (χ1v) is 10.1. The Hall–Kier alpha value is -1.44. The van der Waals surface area contributed by atoms with Crippen molar-refractivity contribution in [1.82, 2.24) is 10.3 Å². The van der Waals surface area contributed by atoms with Crippen molar-refractivity contribution in [3.63, 3.8) is 0 Å². The second-order valence-corrected chi connectivity index (χ2v) is 8.14. The third-order valence-corrected chi connectivity index (χ3v) is 6.40. The van der Waals surface area contributed by atoms with Gasteiger partial charge in [0.15, 0.2) is 0 Å². The highest BCUT2D eigenvalue weighted by Gasteiger charge is 2.40. The van der Waals surface area contributed by atoms with E-state index in [9.17, 15) is 4.79 Å². The topological polar surface area (TPSA) is 54.5 Å². The number of anilines is 1. The number of nitrogens with zero attached hydrogens (tertiary/aromatic N) is 2. The Labute approximate surface area is 149 Å². The fourth-order valence-electron chi connectivity index (χ4n) is 3.06. The smallest absolute Gasteiger partial charge is 0.243 e. The van der Waals surface area contributed by atoms with E-state index in [1.54, 1.807) is 29.8 Å². The summed E-state index contributed by atoms with van der Waals surface area (Å²) in [5.74, 6) is 0.826. The normalized spacial score (nSPS) is 19.5. The molecule has 1 N–H and O–H groups in total. The number of hydrogen-bond acceptors (Lipinski definition) is 6. The van der Waals surface area contributed by atoms with Crippen LogP contribution in [-0.4, -0.2) is 43.7 Å². The van der Waals surface area contributed by atoms with Gasteiger partial charge < -0.3 is 15.0 Å².